The molecule has 7 nitrogen and oxygen atoms in total. The van der Waals surface area contributed by atoms with Gasteiger partial charge in [0.05, 0.1) is 18.0 Å². The number of aromatic nitrogens is 1. The lowest BCUT2D eigenvalue weighted by Crippen LogP contribution is -2.48. The molecule has 4 atom stereocenters. The molecular formula is C27H31FN4O3. The standard InChI is InChI=1S/C27H31FN4O3/c1-3-35-27(33)31-22-10-11-23-19(14-22)15-25(32-34-2)26(29)24(23)12-9-21-8-7-18(16-30-21)17-5-4-6-20(28)13-17/h4-9,12-13,16,19,22-24,29H,3,10-11,14-15H2,1-2H3,(H,31,33)/b12-9+,29-26?,32-25-/t19-,22+,23+,24-/m0/s1. The van der Waals surface area contributed by atoms with Gasteiger partial charge in [0.15, 0.2) is 0 Å². The molecule has 35 heavy (non-hydrogen) atoms. The van der Waals surface area contributed by atoms with Gasteiger partial charge < -0.3 is 20.3 Å². The largest absolute Gasteiger partial charge is 0.450 e. The first-order valence-electron chi connectivity index (χ1n) is 12.0. The first-order valence-corrected chi connectivity index (χ1v) is 12.0. The van der Waals surface area contributed by atoms with E-state index in [1.165, 1.54) is 19.2 Å². The lowest BCUT2D eigenvalue weighted by atomic mass is 9.63. The number of halogens is 1. The minimum atomic E-state index is -0.380. The smallest absolute Gasteiger partial charge is 0.407 e. The summed E-state index contributed by atoms with van der Waals surface area (Å²) in [6, 6.07) is 10.3. The van der Waals surface area contributed by atoms with Crippen molar-refractivity contribution in [3.05, 3.63) is 60.2 Å². The third kappa shape index (κ3) is 5.93. The number of carbonyl (C=O) groups is 1. The summed E-state index contributed by atoms with van der Waals surface area (Å²) in [4.78, 5) is 21.4. The second-order valence-corrected chi connectivity index (χ2v) is 9.00. The second-order valence-electron chi connectivity index (χ2n) is 9.00. The van der Waals surface area contributed by atoms with Crippen LogP contribution >= 0.6 is 0 Å². The second kappa shape index (κ2) is 11.3. The number of nitrogens with zero attached hydrogens (tertiary/aromatic N) is 2. The van der Waals surface area contributed by atoms with Crippen molar-refractivity contribution < 1.29 is 18.8 Å². The Morgan fingerprint density at radius 3 is 2.86 bits per heavy atom. The predicted molar refractivity (Wildman–Crippen MR) is 134 cm³/mol. The van der Waals surface area contributed by atoms with Gasteiger partial charge in [-0.05, 0) is 74.3 Å². The quantitative estimate of drug-likeness (QED) is 0.538. The Morgan fingerprint density at radius 2 is 2.14 bits per heavy atom. The van der Waals surface area contributed by atoms with E-state index in [9.17, 15) is 9.18 Å². The van der Waals surface area contributed by atoms with E-state index in [0.717, 1.165) is 36.1 Å². The molecule has 184 valence electrons. The molecule has 2 fully saturated rings. The van der Waals surface area contributed by atoms with Gasteiger partial charge in [0.2, 0.25) is 0 Å². The topological polar surface area (TPSA) is 96.7 Å². The highest BCUT2D eigenvalue weighted by Gasteiger charge is 2.42. The fourth-order valence-electron chi connectivity index (χ4n) is 5.21. The Hall–Kier alpha value is -3.55. The predicted octanol–water partition coefficient (Wildman–Crippen LogP) is 5.47. The highest BCUT2D eigenvalue weighted by molar-refractivity contribution is 6.42. The van der Waals surface area contributed by atoms with Crippen LogP contribution in [0.1, 0.15) is 38.3 Å². The first-order chi connectivity index (χ1) is 17.0. The van der Waals surface area contributed by atoms with Crippen LogP contribution in [0.25, 0.3) is 17.2 Å². The zero-order chi connectivity index (χ0) is 24.8. The number of nitrogens with one attached hydrogen (secondary N) is 2. The van der Waals surface area contributed by atoms with Crippen LogP contribution in [0.3, 0.4) is 0 Å². The van der Waals surface area contributed by atoms with Crippen LogP contribution in [0.4, 0.5) is 9.18 Å². The maximum absolute atomic E-state index is 13.5. The molecule has 1 aromatic carbocycles. The first kappa shape index (κ1) is 24.6. The highest BCUT2D eigenvalue weighted by atomic mass is 19.1. The summed E-state index contributed by atoms with van der Waals surface area (Å²) >= 11 is 0. The minimum Gasteiger partial charge on any atom is -0.450 e. The molecule has 0 spiro atoms. The molecule has 0 radical (unpaired) electrons. The van der Waals surface area contributed by atoms with Gasteiger partial charge >= 0.3 is 6.09 Å². The fourth-order valence-corrected chi connectivity index (χ4v) is 5.21. The number of allylic oxidation sites excluding steroid dienone is 1. The Morgan fingerprint density at radius 1 is 1.29 bits per heavy atom. The number of alkyl carbamates (subject to hydrolysis) is 1. The van der Waals surface area contributed by atoms with Crippen LogP contribution in [-0.2, 0) is 9.57 Å². The summed E-state index contributed by atoms with van der Waals surface area (Å²) in [5.74, 6) is 0.159. The molecule has 1 aromatic heterocycles. The summed E-state index contributed by atoms with van der Waals surface area (Å²) in [6.07, 6.45) is 8.52. The number of carbonyl (C=O) groups excluding carboxylic acids is 1. The Balaban J connectivity index is 1.50. The summed E-state index contributed by atoms with van der Waals surface area (Å²) < 4.78 is 18.6. The summed E-state index contributed by atoms with van der Waals surface area (Å²) in [7, 11) is 1.49. The van der Waals surface area contributed by atoms with Crippen molar-refractivity contribution in [2.75, 3.05) is 13.7 Å². The number of benzene rings is 1. The molecule has 2 saturated carbocycles. The normalized spacial score (nSPS) is 25.3. The van der Waals surface area contributed by atoms with Crippen molar-refractivity contribution in [3.8, 4) is 11.1 Å². The number of fused-ring (bicyclic) bond motifs is 1. The number of ether oxygens (including phenoxy) is 1. The fraction of sp³-hybridized carbons (Fsp3) is 0.407. The van der Waals surface area contributed by atoms with Crippen LogP contribution in [-0.4, -0.2) is 42.3 Å². The third-order valence-corrected chi connectivity index (χ3v) is 6.82. The van der Waals surface area contributed by atoms with E-state index in [0.29, 0.717) is 24.5 Å². The van der Waals surface area contributed by atoms with Crippen LogP contribution in [0, 0.1) is 29.0 Å². The summed E-state index contributed by atoms with van der Waals surface area (Å²) in [6.45, 7) is 2.13. The number of amides is 1. The molecule has 4 rings (SSSR count). The molecule has 8 heteroatoms. The number of pyridine rings is 1. The SMILES string of the molecule is CCOC(=O)N[C@@H]1CC[C@@H]2[C@H](C/C(=N/OC)C(=N)[C@H]2/C=C/c2ccc(-c3cccc(F)c3)cn2)C1. The van der Waals surface area contributed by atoms with Gasteiger partial charge in [-0.3, -0.25) is 4.98 Å². The van der Waals surface area contributed by atoms with E-state index >= 15 is 0 Å². The van der Waals surface area contributed by atoms with Crippen LogP contribution < -0.4 is 5.32 Å². The van der Waals surface area contributed by atoms with Gasteiger partial charge in [0.1, 0.15) is 18.6 Å². The van der Waals surface area contributed by atoms with E-state index in [1.54, 1.807) is 19.2 Å². The summed E-state index contributed by atoms with van der Waals surface area (Å²) in [5.41, 5.74) is 3.50. The van der Waals surface area contributed by atoms with Gasteiger partial charge in [0.25, 0.3) is 0 Å². The zero-order valence-electron chi connectivity index (χ0n) is 20.0. The molecular weight excluding hydrogens is 447 g/mol. The molecule has 0 bridgehead atoms. The van der Waals surface area contributed by atoms with Crippen molar-refractivity contribution in [2.45, 2.75) is 38.6 Å². The molecule has 1 heterocycles. The van der Waals surface area contributed by atoms with E-state index in [4.69, 9.17) is 15.0 Å². The number of rotatable bonds is 6. The molecule has 0 unspecified atom stereocenters. The van der Waals surface area contributed by atoms with Crippen LogP contribution in [0.5, 0.6) is 0 Å². The lowest BCUT2D eigenvalue weighted by Gasteiger charge is -2.43. The molecule has 2 N–H and O–H groups in total. The molecule has 1 amide bonds. The number of hydrogen-bond donors (Lipinski definition) is 2. The lowest BCUT2D eigenvalue weighted by molar-refractivity contribution is 0.130. The van der Waals surface area contributed by atoms with Crippen LogP contribution in [0.2, 0.25) is 0 Å². The number of oxime groups is 1. The van der Waals surface area contributed by atoms with E-state index < -0.39 is 0 Å². The average molecular weight is 479 g/mol. The minimum absolute atomic E-state index is 0.0491. The van der Waals surface area contributed by atoms with Gasteiger partial charge in [-0.2, -0.15) is 0 Å². The van der Waals surface area contributed by atoms with Crippen molar-refractivity contribution in [1.29, 1.82) is 5.41 Å². The van der Waals surface area contributed by atoms with Gasteiger partial charge in [-0.15, -0.1) is 0 Å². The molecule has 2 aliphatic rings. The third-order valence-electron chi connectivity index (χ3n) is 6.82. The Labute approximate surface area is 204 Å². The highest BCUT2D eigenvalue weighted by Crippen LogP contribution is 2.42. The maximum atomic E-state index is 13.5. The van der Waals surface area contributed by atoms with Crippen molar-refractivity contribution in [2.24, 2.45) is 22.9 Å². The van der Waals surface area contributed by atoms with Crippen molar-refractivity contribution in [3.63, 3.8) is 0 Å². The van der Waals surface area contributed by atoms with Gasteiger partial charge in [0, 0.05) is 23.7 Å². The maximum Gasteiger partial charge on any atom is 0.407 e. The Bertz CT molecular complexity index is 1120. The van der Waals surface area contributed by atoms with Gasteiger partial charge in [-0.1, -0.05) is 29.4 Å². The average Bonchev–Trinajstić information content (AvgIpc) is 2.85. The van der Waals surface area contributed by atoms with Crippen LogP contribution in [0.15, 0.2) is 53.8 Å². The van der Waals surface area contributed by atoms with Crippen molar-refractivity contribution >= 4 is 23.6 Å². The molecule has 0 saturated heterocycles. The molecule has 2 aromatic rings. The van der Waals surface area contributed by atoms with E-state index in [1.807, 2.05) is 30.4 Å². The van der Waals surface area contributed by atoms with E-state index in [2.05, 4.69) is 15.5 Å². The zero-order valence-corrected chi connectivity index (χ0v) is 20.0. The van der Waals surface area contributed by atoms with Crippen molar-refractivity contribution in [1.82, 2.24) is 10.3 Å². The monoisotopic (exact) mass is 478 g/mol. The molecule has 0 aliphatic heterocycles. The van der Waals surface area contributed by atoms with Gasteiger partial charge in [-0.25, -0.2) is 9.18 Å². The Kier molecular flexibility index (Phi) is 7.90. The van der Waals surface area contributed by atoms with E-state index in [-0.39, 0.29) is 35.7 Å². The molecule has 2 aliphatic carbocycles. The number of hydrogen-bond acceptors (Lipinski definition) is 6. The summed E-state index contributed by atoms with van der Waals surface area (Å²) in [5, 5.41) is 15.9.